The van der Waals surface area contributed by atoms with Crippen LogP contribution in [0.1, 0.15) is 171 Å². The Morgan fingerprint density at radius 2 is 0.696 bits per heavy atom. The molecule has 0 aliphatic carbocycles. The number of methoxy groups -OCH3 is 1. The molecule has 69 heavy (non-hydrogen) atoms. The molecule has 0 amide bonds. The topological polar surface area (TPSA) is 136 Å². The molecule has 5 aromatic rings. The smallest absolute Gasteiger partial charge is 0.437 e. The molecule has 0 saturated carbocycles. The van der Waals surface area contributed by atoms with Crippen molar-refractivity contribution in [3.63, 3.8) is 0 Å². The van der Waals surface area contributed by atoms with Gasteiger partial charge >= 0.3 is 24.2 Å². The molecule has 0 radical (unpaired) electrons. The molecule has 5 aromatic carbocycles. The third-order valence-electron chi connectivity index (χ3n) is 11.7. The highest BCUT2D eigenvalue weighted by Gasteiger charge is 2.31. The number of rotatable bonds is 11. The monoisotopic (exact) mass is 939 g/mol. The van der Waals surface area contributed by atoms with Crippen molar-refractivity contribution >= 4 is 31.0 Å². The van der Waals surface area contributed by atoms with E-state index in [1.54, 1.807) is 24.3 Å². The van der Waals surface area contributed by atoms with Crippen molar-refractivity contribution < 1.29 is 47.7 Å². The lowest BCUT2D eigenvalue weighted by Gasteiger charge is -2.27. The summed E-state index contributed by atoms with van der Waals surface area (Å²) in [5.74, 6) is 0.262. The second-order valence-corrected chi connectivity index (χ2v) is 22.0. The van der Waals surface area contributed by atoms with Gasteiger partial charge in [-0.1, -0.05) is 159 Å². The zero-order valence-corrected chi connectivity index (χ0v) is 43.6. The molecule has 11 heteroatoms. The lowest BCUT2D eigenvalue weighted by Crippen LogP contribution is -2.20. The van der Waals surface area contributed by atoms with Gasteiger partial charge in [-0.25, -0.2) is 19.2 Å². The van der Waals surface area contributed by atoms with Gasteiger partial charge in [0, 0.05) is 64.1 Å². The number of nitrogens with zero attached hydrogens (tertiary/aromatic N) is 1. The summed E-state index contributed by atoms with van der Waals surface area (Å²) < 4.78 is 29.3. The lowest BCUT2D eigenvalue weighted by molar-refractivity contribution is 0.0716. The zero-order valence-electron chi connectivity index (χ0n) is 43.6. The van der Waals surface area contributed by atoms with Gasteiger partial charge in [-0.3, -0.25) is 4.84 Å². The number of carbonyl (C=O) groups excluding carboxylic acids is 4. The Hall–Kier alpha value is -6.75. The first-order chi connectivity index (χ1) is 31.9. The maximum absolute atomic E-state index is 14.2. The minimum Gasteiger partial charge on any atom is -0.437 e. The number of aryl methyl sites for hydroxylation is 4. The normalized spacial score (nSPS) is 12.0. The highest BCUT2D eigenvalue weighted by molar-refractivity contribution is 5.95. The molecule has 11 nitrogen and oxygen atoms in total. The fourth-order valence-corrected chi connectivity index (χ4v) is 8.36. The van der Waals surface area contributed by atoms with Gasteiger partial charge in [0.2, 0.25) is 0 Å². The molecule has 0 atom stereocenters. The maximum atomic E-state index is 14.2. The van der Waals surface area contributed by atoms with Gasteiger partial charge in [-0.2, -0.15) is 0 Å². The fourth-order valence-electron chi connectivity index (χ4n) is 8.36. The van der Waals surface area contributed by atoms with Crippen LogP contribution in [0.5, 0.6) is 23.0 Å². The van der Waals surface area contributed by atoms with Crippen molar-refractivity contribution in [2.75, 3.05) is 7.11 Å². The SMILES string of the molecule is C=NOC(=O)Oc1c(Cc2cc(C)cc(C(C)(C)C)c2OC(=O)c2ccc(C(=O)Oc3c(Cc4cc(C)cc(C(C)(C)C)c4OC(=O)OC)cc(C)cc3C(C)(C)C)cc2)cc(C)cc1C(C)(C)C. The Kier molecular flexibility index (Phi) is 15.8. The fraction of sp³-hybridized carbons (Fsp3) is 0.397. The molecule has 366 valence electrons. The summed E-state index contributed by atoms with van der Waals surface area (Å²) in [7, 11) is 1.27. The molecule has 0 bridgehead atoms. The van der Waals surface area contributed by atoms with Gasteiger partial charge in [-0.05, 0) is 73.6 Å². The van der Waals surface area contributed by atoms with Crippen LogP contribution in [0.2, 0.25) is 0 Å². The van der Waals surface area contributed by atoms with E-state index in [1.807, 2.05) is 139 Å². The van der Waals surface area contributed by atoms with E-state index in [1.165, 1.54) is 7.11 Å². The van der Waals surface area contributed by atoms with Crippen LogP contribution < -0.4 is 18.9 Å². The Labute approximate surface area is 408 Å². The summed E-state index contributed by atoms with van der Waals surface area (Å²) in [6.07, 6.45) is -1.33. The number of carbonyl (C=O) groups is 4. The quantitative estimate of drug-likeness (QED) is 0.0314. The molecular weight excluding hydrogens is 871 g/mol. The summed E-state index contributed by atoms with van der Waals surface area (Å²) in [6.45, 7) is 35.7. The minimum absolute atomic E-state index is 0.214. The van der Waals surface area contributed by atoms with Crippen LogP contribution in [0, 0.1) is 27.7 Å². The highest BCUT2D eigenvalue weighted by Crippen LogP contribution is 2.43. The zero-order chi connectivity index (χ0) is 51.6. The average molecular weight is 940 g/mol. The van der Waals surface area contributed by atoms with Crippen molar-refractivity contribution in [2.45, 2.75) is 145 Å². The molecule has 0 spiro atoms. The van der Waals surface area contributed by atoms with Gasteiger partial charge in [-0.15, -0.1) is 0 Å². The van der Waals surface area contributed by atoms with Crippen molar-refractivity contribution in [3.8, 4) is 23.0 Å². The number of hydrogen-bond acceptors (Lipinski definition) is 11. The Bertz CT molecular complexity index is 2790. The number of ether oxygens (including phenoxy) is 5. The van der Waals surface area contributed by atoms with Gasteiger partial charge in [0.1, 0.15) is 23.0 Å². The summed E-state index contributed by atoms with van der Waals surface area (Å²) in [6, 6.07) is 22.0. The first-order valence-electron chi connectivity index (χ1n) is 23.1. The number of benzene rings is 5. The molecular formula is C58H69NO10. The predicted octanol–water partition coefficient (Wildman–Crippen LogP) is 14.0. The van der Waals surface area contributed by atoms with Crippen molar-refractivity contribution in [1.29, 1.82) is 0 Å². The van der Waals surface area contributed by atoms with Gasteiger partial charge < -0.3 is 23.7 Å². The van der Waals surface area contributed by atoms with Crippen LogP contribution in [-0.2, 0) is 44.1 Å². The number of hydrogen-bond donors (Lipinski definition) is 0. The lowest BCUT2D eigenvalue weighted by atomic mass is 9.81. The van der Waals surface area contributed by atoms with Gasteiger partial charge in [0.15, 0.2) is 0 Å². The van der Waals surface area contributed by atoms with Crippen LogP contribution in [0.15, 0.2) is 78.0 Å². The van der Waals surface area contributed by atoms with Crippen LogP contribution in [0.3, 0.4) is 0 Å². The van der Waals surface area contributed by atoms with E-state index in [0.29, 0.717) is 34.1 Å². The Balaban J connectivity index is 1.53. The molecule has 0 fully saturated rings. The van der Waals surface area contributed by atoms with E-state index in [2.05, 4.69) is 32.6 Å². The Morgan fingerprint density at radius 3 is 0.942 bits per heavy atom. The van der Waals surface area contributed by atoms with Crippen molar-refractivity contribution in [3.05, 3.63) is 151 Å². The maximum Gasteiger partial charge on any atom is 0.540 e. The molecule has 0 aliphatic rings. The molecule has 5 rings (SSSR count). The molecule has 0 aromatic heterocycles. The van der Waals surface area contributed by atoms with E-state index in [-0.39, 0.29) is 29.4 Å². The highest BCUT2D eigenvalue weighted by atomic mass is 16.8. The van der Waals surface area contributed by atoms with Gasteiger partial charge in [0.25, 0.3) is 0 Å². The minimum atomic E-state index is -1.02. The number of oxime groups is 1. The Morgan fingerprint density at radius 1 is 0.435 bits per heavy atom. The van der Waals surface area contributed by atoms with Crippen molar-refractivity contribution in [1.82, 2.24) is 0 Å². The number of esters is 2. The first kappa shape index (κ1) is 53.2. The third kappa shape index (κ3) is 13.1. The van der Waals surface area contributed by atoms with Crippen LogP contribution in [0.4, 0.5) is 9.59 Å². The van der Waals surface area contributed by atoms with Crippen LogP contribution in [-0.4, -0.2) is 38.1 Å². The van der Waals surface area contributed by atoms with E-state index in [9.17, 15) is 19.2 Å². The predicted molar refractivity (Wildman–Crippen MR) is 271 cm³/mol. The van der Waals surface area contributed by atoms with Crippen LogP contribution >= 0.6 is 0 Å². The van der Waals surface area contributed by atoms with Crippen LogP contribution in [0.25, 0.3) is 0 Å². The first-order valence-corrected chi connectivity index (χ1v) is 23.1. The molecule has 0 N–H and O–H groups in total. The molecule has 0 saturated heterocycles. The molecule has 0 aliphatic heterocycles. The summed E-state index contributed by atoms with van der Waals surface area (Å²) in [5, 5.41) is 3.25. The summed E-state index contributed by atoms with van der Waals surface area (Å²) >= 11 is 0. The third-order valence-corrected chi connectivity index (χ3v) is 11.7. The second-order valence-electron chi connectivity index (χ2n) is 22.0. The largest absolute Gasteiger partial charge is 0.540 e. The molecule has 0 unspecified atom stereocenters. The standard InChI is InChI=1S/C58H69NO10/c1-33-23-39(31-41-25-35(3)29-45(57(11,12)13)49(41)67-53(62)64-18)47(43(27-33)55(5,6)7)65-51(60)37-19-21-38(22-20-37)52(61)66-48-40(24-34(2)28-44(48)56(8,9)10)32-42-26-36(4)30-46(58(14,15)16)50(42)68-54(63)69-59-17/h19-30H,17,31-32H2,1-16,18H3. The average Bonchev–Trinajstić information content (AvgIpc) is 3.22. The second kappa shape index (κ2) is 20.5. The summed E-state index contributed by atoms with van der Waals surface area (Å²) in [4.78, 5) is 58.5. The van der Waals surface area contributed by atoms with Crippen molar-refractivity contribution in [2.24, 2.45) is 5.16 Å². The van der Waals surface area contributed by atoms with Gasteiger partial charge in [0.05, 0.1) is 18.2 Å². The molecule has 0 heterocycles. The van der Waals surface area contributed by atoms with E-state index in [4.69, 9.17) is 28.5 Å². The summed E-state index contributed by atoms with van der Waals surface area (Å²) in [5.41, 5.74) is 8.69. The van der Waals surface area contributed by atoms with E-state index < -0.39 is 40.5 Å². The van der Waals surface area contributed by atoms with E-state index >= 15 is 0 Å². The van der Waals surface area contributed by atoms with E-state index in [0.717, 1.165) is 55.6 Å².